The van der Waals surface area contributed by atoms with Gasteiger partial charge in [-0.15, -0.1) is 5.10 Å². The van der Waals surface area contributed by atoms with Gasteiger partial charge in [0.15, 0.2) is 0 Å². The molecule has 8 heteroatoms. The summed E-state index contributed by atoms with van der Waals surface area (Å²) < 4.78 is 6.80. The molecular weight excluding hydrogens is 312 g/mol. The average Bonchev–Trinajstić information content (AvgIpc) is 2.47. The van der Waals surface area contributed by atoms with Crippen LogP contribution in [0.4, 0.5) is 0 Å². The lowest BCUT2D eigenvalue weighted by Crippen LogP contribution is -2.45. The molecule has 1 unspecified atom stereocenters. The van der Waals surface area contributed by atoms with Gasteiger partial charge in [0.05, 0.1) is 5.39 Å². The summed E-state index contributed by atoms with van der Waals surface area (Å²) >= 11 is 0. The maximum atomic E-state index is 12.7. The van der Waals surface area contributed by atoms with Gasteiger partial charge in [-0.2, -0.15) is 4.68 Å². The number of hydrogen-bond acceptors (Lipinski definition) is 6. The fourth-order valence-corrected chi connectivity index (χ4v) is 2.57. The lowest BCUT2D eigenvalue weighted by molar-refractivity contribution is -0.136. The van der Waals surface area contributed by atoms with E-state index in [1.54, 1.807) is 18.2 Å². The molecular formula is C16H18N4O4. The van der Waals surface area contributed by atoms with Gasteiger partial charge in [0, 0.05) is 6.42 Å². The molecule has 1 aromatic heterocycles. The van der Waals surface area contributed by atoms with Crippen molar-refractivity contribution in [1.82, 2.24) is 20.3 Å². The summed E-state index contributed by atoms with van der Waals surface area (Å²) in [7, 11) is 0. The van der Waals surface area contributed by atoms with E-state index in [4.69, 9.17) is 4.74 Å². The normalized spacial score (nSPS) is 18.5. The fourth-order valence-electron chi connectivity index (χ4n) is 2.57. The summed E-state index contributed by atoms with van der Waals surface area (Å²) in [5, 5.41) is 10.4. The molecule has 8 nitrogen and oxygen atoms in total. The zero-order valence-corrected chi connectivity index (χ0v) is 13.7. The molecule has 1 aliphatic heterocycles. The van der Waals surface area contributed by atoms with E-state index in [1.165, 1.54) is 0 Å². The van der Waals surface area contributed by atoms with Crippen LogP contribution in [0.25, 0.3) is 10.9 Å². The Bertz CT molecular complexity index is 882. The van der Waals surface area contributed by atoms with E-state index in [1.807, 2.05) is 20.8 Å². The Morgan fingerprint density at radius 2 is 2.00 bits per heavy atom. The third-order valence-electron chi connectivity index (χ3n) is 3.58. The first-order valence-corrected chi connectivity index (χ1v) is 7.66. The molecule has 1 atom stereocenters. The first kappa shape index (κ1) is 16.1. The van der Waals surface area contributed by atoms with Gasteiger partial charge < -0.3 is 4.74 Å². The Morgan fingerprint density at radius 1 is 1.25 bits per heavy atom. The highest BCUT2D eigenvalue weighted by molar-refractivity contribution is 5.99. The summed E-state index contributed by atoms with van der Waals surface area (Å²) in [6.07, 6.45) is 0.388. The molecule has 2 aromatic rings. The lowest BCUT2D eigenvalue weighted by atomic mass is 10.1. The monoisotopic (exact) mass is 330 g/mol. The fraction of sp³-hybridized carbons (Fsp3) is 0.438. The first-order valence-electron chi connectivity index (χ1n) is 7.66. The van der Waals surface area contributed by atoms with Crippen LogP contribution < -0.4 is 15.6 Å². The van der Waals surface area contributed by atoms with Crippen LogP contribution in [0.2, 0.25) is 0 Å². The van der Waals surface area contributed by atoms with Gasteiger partial charge in [-0.05, 0) is 45.4 Å². The van der Waals surface area contributed by atoms with Crippen LogP contribution in [-0.2, 0) is 9.59 Å². The zero-order chi connectivity index (χ0) is 17.5. The number of amides is 2. The molecule has 1 aromatic carbocycles. The third-order valence-corrected chi connectivity index (χ3v) is 3.58. The number of piperidine rings is 1. The van der Waals surface area contributed by atoms with Crippen molar-refractivity contribution >= 4 is 22.7 Å². The Balaban J connectivity index is 2.04. The molecule has 0 spiro atoms. The van der Waals surface area contributed by atoms with Crippen molar-refractivity contribution in [3.8, 4) is 5.75 Å². The van der Waals surface area contributed by atoms with E-state index in [9.17, 15) is 14.4 Å². The molecule has 0 radical (unpaired) electrons. The van der Waals surface area contributed by atoms with E-state index in [-0.39, 0.29) is 18.7 Å². The molecule has 2 heterocycles. The maximum absolute atomic E-state index is 12.7. The minimum Gasteiger partial charge on any atom is -0.488 e. The molecule has 1 saturated heterocycles. The van der Waals surface area contributed by atoms with Crippen molar-refractivity contribution in [3.63, 3.8) is 0 Å². The molecule has 24 heavy (non-hydrogen) atoms. The number of imide groups is 1. The van der Waals surface area contributed by atoms with Crippen LogP contribution in [0.15, 0.2) is 23.0 Å². The van der Waals surface area contributed by atoms with Crippen molar-refractivity contribution in [2.75, 3.05) is 0 Å². The van der Waals surface area contributed by atoms with Crippen LogP contribution in [0.1, 0.15) is 39.7 Å². The predicted molar refractivity (Wildman–Crippen MR) is 85.6 cm³/mol. The minimum atomic E-state index is -0.834. The highest BCUT2D eigenvalue weighted by Gasteiger charge is 2.30. The van der Waals surface area contributed by atoms with E-state index < -0.39 is 23.1 Å². The first-order chi connectivity index (χ1) is 11.2. The third kappa shape index (κ3) is 3.12. The highest BCUT2D eigenvalue weighted by atomic mass is 16.5. The van der Waals surface area contributed by atoms with Crippen LogP contribution in [0.5, 0.6) is 5.75 Å². The molecule has 3 rings (SSSR count). The second-order valence-corrected chi connectivity index (χ2v) is 6.70. The summed E-state index contributed by atoms with van der Waals surface area (Å²) in [5.74, 6) is -0.349. The van der Waals surface area contributed by atoms with Gasteiger partial charge >= 0.3 is 0 Å². The lowest BCUT2D eigenvalue weighted by Gasteiger charge is -2.22. The number of fused-ring (bicyclic) bond motifs is 1. The number of nitrogens with zero attached hydrogens (tertiary/aromatic N) is 3. The quantitative estimate of drug-likeness (QED) is 0.822. The van der Waals surface area contributed by atoms with Gasteiger partial charge in [0.2, 0.25) is 5.91 Å². The molecule has 126 valence electrons. The van der Waals surface area contributed by atoms with Crippen LogP contribution >= 0.6 is 0 Å². The number of ether oxygens (including phenoxy) is 1. The number of aromatic nitrogens is 3. The van der Waals surface area contributed by atoms with Crippen molar-refractivity contribution in [3.05, 3.63) is 28.6 Å². The highest BCUT2D eigenvalue weighted by Crippen LogP contribution is 2.22. The van der Waals surface area contributed by atoms with Gasteiger partial charge in [0.25, 0.3) is 11.5 Å². The summed E-state index contributed by atoms with van der Waals surface area (Å²) in [5.41, 5.74) is -0.421. The number of carbonyl (C=O) groups excluding carboxylic acids is 2. The van der Waals surface area contributed by atoms with E-state index in [2.05, 4.69) is 15.6 Å². The van der Waals surface area contributed by atoms with E-state index in [0.717, 1.165) is 4.68 Å². The number of nitrogens with one attached hydrogen (secondary N) is 1. The topological polar surface area (TPSA) is 103 Å². The molecule has 0 saturated carbocycles. The largest absolute Gasteiger partial charge is 0.488 e. The van der Waals surface area contributed by atoms with Crippen LogP contribution in [0.3, 0.4) is 0 Å². The van der Waals surface area contributed by atoms with E-state index in [0.29, 0.717) is 16.7 Å². The van der Waals surface area contributed by atoms with Crippen molar-refractivity contribution < 1.29 is 14.3 Å². The maximum Gasteiger partial charge on any atom is 0.278 e. The van der Waals surface area contributed by atoms with Gasteiger partial charge in [-0.3, -0.25) is 19.7 Å². The molecule has 0 aliphatic carbocycles. The Kier molecular flexibility index (Phi) is 3.82. The van der Waals surface area contributed by atoms with Crippen molar-refractivity contribution in [1.29, 1.82) is 0 Å². The van der Waals surface area contributed by atoms with Crippen LogP contribution in [0, 0.1) is 0 Å². The average molecular weight is 330 g/mol. The van der Waals surface area contributed by atoms with Gasteiger partial charge in [-0.1, -0.05) is 5.21 Å². The van der Waals surface area contributed by atoms with Crippen molar-refractivity contribution in [2.45, 2.75) is 45.3 Å². The number of benzene rings is 1. The number of rotatable bonds is 2. The Morgan fingerprint density at radius 3 is 2.67 bits per heavy atom. The summed E-state index contributed by atoms with van der Waals surface area (Å²) in [6.45, 7) is 5.72. The molecule has 1 aliphatic rings. The second kappa shape index (κ2) is 5.70. The minimum absolute atomic E-state index is 0.162. The molecule has 2 amide bonds. The second-order valence-electron chi connectivity index (χ2n) is 6.70. The summed E-state index contributed by atoms with van der Waals surface area (Å²) in [6, 6.07) is 4.14. The Labute approximate surface area is 137 Å². The standard InChI is InChI=1S/C16H18N4O4/c1-16(2,3)24-9-4-5-11-10(8-9)15(23)20(19-18-11)12-6-7-13(21)17-14(12)22/h4-5,8,12H,6-7H2,1-3H3,(H,17,21,22). The summed E-state index contributed by atoms with van der Waals surface area (Å²) in [4.78, 5) is 35.9. The van der Waals surface area contributed by atoms with Crippen molar-refractivity contribution in [2.24, 2.45) is 0 Å². The molecule has 1 fully saturated rings. The SMILES string of the molecule is CC(C)(C)Oc1ccc2nnn(C3CCC(=O)NC3=O)c(=O)c2c1. The predicted octanol–water partition coefficient (Wildman–Crippen LogP) is 0.946. The molecule has 0 bridgehead atoms. The van der Waals surface area contributed by atoms with E-state index >= 15 is 0 Å². The van der Waals surface area contributed by atoms with Gasteiger partial charge in [0.1, 0.15) is 22.9 Å². The van der Waals surface area contributed by atoms with Crippen LogP contribution in [-0.4, -0.2) is 32.4 Å². The molecule has 1 N–H and O–H groups in total. The van der Waals surface area contributed by atoms with Gasteiger partial charge in [-0.25, -0.2) is 0 Å². The zero-order valence-electron chi connectivity index (χ0n) is 13.7. The number of carbonyl (C=O) groups is 2. The smallest absolute Gasteiger partial charge is 0.278 e. The Hall–Kier alpha value is -2.77. The number of hydrogen-bond donors (Lipinski definition) is 1.